The molecular formula is C12H20N2O. The second-order valence-electron chi connectivity index (χ2n) is 5.05. The van der Waals surface area contributed by atoms with Crippen LogP contribution in [0, 0.1) is 0 Å². The first kappa shape index (κ1) is 10.7. The highest BCUT2D eigenvalue weighted by atomic mass is 16.1. The molecule has 0 radical (unpaired) electrons. The summed E-state index contributed by atoms with van der Waals surface area (Å²) in [6.07, 6.45) is 4.74. The van der Waals surface area contributed by atoms with Crippen LogP contribution in [0.3, 0.4) is 0 Å². The van der Waals surface area contributed by atoms with Crippen LogP contribution in [0.2, 0.25) is 0 Å². The van der Waals surface area contributed by atoms with Gasteiger partial charge in [0.2, 0.25) is 5.91 Å². The Labute approximate surface area is 91.3 Å². The summed E-state index contributed by atoms with van der Waals surface area (Å²) in [5.41, 5.74) is 2.23. The van der Waals surface area contributed by atoms with Crippen molar-refractivity contribution in [3.05, 3.63) is 11.1 Å². The van der Waals surface area contributed by atoms with E-state index in [2.05, 4.69) is 17.6 Å². The Balaban J connectivity index is 1.97. The highest BCUT2D eigenvalue weighted by Crippen LogP contribution is 2.29. The third kappa shape index (κ3) is 2.23. The fourth-order valence-electron chi connectivity index (χ4n) is 2.32. The van der Waals surface area contributed by atoms with Crippen molar-refractivity contribution < 1.29 is 4.79 Å². The largest absolute Gasteiger partial charge is 0.347 e. The summed E-state index contributed by atoms with van der Waals surface area (Å²) in [6, 6.07) is 0. The van der Waals surface area contributed by atoms with Crippen molar-refractivity contribution in [1.82, 2.24) is 10.6 Å². The van der Waals surface area contributed by atoms with E-state index in [1.54, 1.807) is 0 Å². The van der Waals surface area contributed by atoms with E-state index < -0.39 is 0 Å². The van der Waals surface area contributed by atoms with E-state index in [4.69, 9.17) is 0 Å². The predicted octanol–water partition coefficient (Wildman–Crippen LogP) is 1.35. The zero-order valence-electron chi connectivity index (χ0n) is 9.65. The average Bonchev–Trinajstić information content (AvgIpc) is 2.48. The van der Waals surface area contributed by atoms with E-state index in [1.165, 1.54) is 18.4 Å². The molecule has 2 rings (SSSR count). The van der Waals surface area contributed by atoms with Crippen molar-refractivity contribution in [3.63, 3.8) is 0 Å². The van der Waals surface area contributed by atoms with Crippen molar-refractivity contribution in [2.24, 2.45) is 0 Å². The van der Waals surface area contributed by atoms with Crippen LogP contribution < -0.4 is 10.6 Å². The second kappa shape index (κ2) is 3.97. The summed E-state index contributed by atoms with van der Waals surface area (Å²) < 4.78 is 0. The van der Waals surface area contributed by atoms with Gasteiger partial charge in [0.15, 0.2) is 0 Å². The maximum absolute atomic E-state index is 11.9. The lowest BCUT2D eigenvalue weighted by Crippen LogP contribution is -2.45. The van der Waals surface area contributed by atoms with Gasteiger partial charge in [0, 0.05) is 24.2 Å². The molecule has 0 spiro atoms. The second-order valence-corrected chi connectivity index (χ2v) is 5.05. The molecule has 3 heteroatoms. The van der Waals surface area contributed by atoms with E-state index >= 15 is 0 Å². The highest BCUT2D eigenvalue weighted by Gasteiger charge is 2.31. The van der Waals surface area contributed by atoms with Gasteiger partial charge >= 0.3 is 0 Å². The molecule has 1 heterocycles. The number of amides is 1. The van der Waals surface area contributed by atoms with Gasteiger partial charge in [-0.1, -0.05) is 12.8 Å². The molecule has 1 saturated heterocycles. The summed E-state index contributed by atoms with van der Waals surface area (Å²) in [4.78, 5) is 11.9. The predicted molar refractivity (Wildman–Crippen MR) is 60.6 cm³/mol. The molecule has 3 nitrogen and oxygen atoms in total. The smallest absolute Gasteiger partial charge is 0.247 e. The van der Waals surface area contributed by atoms with Gasteiger partial charge < -0.3 is 10.6 Å². The molecule has 0 bridgehead atoms. The fourth-order valence-corrected chi connectivity index (χ4v) is 2.32. The first-order chi connectivity index (χ1) is 7.11. The SMILES string of the molecule is CC(C(=O)NC1(C)CCCC1)=C1CNC1. The van der Waals surface area contributed by atoms with Crippen molar-refractivity contribution in [2.75, 3.05) is 13.1 Å². The molecule has 0 aromatic carbocycles. The molecule has 84 valence electrons. The molecule has 1 amide bonds. The first-order valence-electron chi connectivity index (χ1n) is 5.83. The van der Waals surface area contributed by atoms with Crippen LogP contribution in [0.25, 0.3) is 0 Å². The topological polar surface area (TPSA) is 41.1 Å². The van der Waals surface area contributed by atoms with Crippen molar-refractivity contribution in [2.45, 2.75) is 45.1 Å². The minimum absolute atomic E-state index is 0.0517. The summed E-state index contributed by atoms with van der Waals surface area (Å²) in [6.45, 7) is 5.87. The van der Waals surface area contributed by atoms with Gasteiger partial charge in [0.1, 0.15) is 0 Å². The van der Waals surface area contributed by atoms with Crippen molar-refractivity contribution in [3.8, 4) is 0 Å². The van der Waals surface area contributed by atoms with Crippen LogP contribution in [0.1, 0.15) is 39.5 Å². The van der Waals surface area contributed by atoms with Crippen LogP contribution in [0.5, 0.6) is 0 Å². The third-order valence-electron chi connectivity index (χ3n) is 3.67. The zero-order chi connectivity index (χ0) is 10.9. The van der Waals surface area contributed by atoms with Gasteiger partial charge in [-0.05, 0) is 32.3 Å². The number of hydrogen-bond acceptors (Lipinski definition) is 2. The fraction of sp³-hybridized carbons (Fsp3) is 0.750. The third-order valence-corrected chi connectivity index (χ3v) is 3.67. The summed E-state index contributed by atoms with van der Waals surface area (Å²) >= 11 is 0. The number of carbonyl (C=O) groups is 1. The maximum atomic E-state index is 11.9. The lowest BCUT2D eigenvalue weighted by molar-refractivity contribution is -0.119. The van der Waals surface area contributed by atoms with E-state index in [1.807, 2.05) is 6.92 Å². The number of rotatable bonds is 2. The number of carbonyl (C=O) groups excluding carboxylic acids is 1. The Morgan fingerprint density at radius 3 is 2.40 bits per heavy atom. The Morgan fingerprint density at radius 2 is 1.93 bits per heavy atom. The van der Waals surface area contributed by atoms with E-state index in [9.17, 15) is 4.79 Å². The minimum Gasteiger partial charge on any atom is -0.347 e. The van der Waals surface area contributed by atoms with Gasteiger partial charge in [-0.15, -0.1) is 0 Å². The van der Waals surface area contributed by atoms with E-state index in [0.29, 0.717) is 0 Å². The number of hydrogen-bond donors (Lipinski definition) is 2. The summed E-state index contributed by atoms with van der Waals surface area (Å²) in [5, 5.41) is 6.34. The van der Waals surface area contributed by atoms with Crippen molar-refractivity contribution >= 4 is 5.91 Å². The van der Waals surface area contributed by atoms with E-state index in [0.717, 1.165) is 31.5 Å². The van der Waals surface area contributed by atoms with Gasteiger partial charge in [0.25, 0.3) is 0 Å². The highest BCUT2D eigenvalue weighted by molar-refractivity contribution is 5.94. The molecule has 1 aliphatic carbocycles. The lowest BCUT2D eigenvalue weighted by atomic mass is 9.98. The van der Waals surface area contributed by atoms with Gasteiger partial charge in [-0.2, -0.15) is 0 Å². The monoisotopic (exact) mass is 208 g/mol. The van der Waals surface area contributed by atoms with E-state index in [-0.39, 0.29) is 11.4 Å². The Bertz CT molecular complexity index is 295. The van der Waals surface area contributed by atoms with Crippen LogP contribution in [0.4, 0.5) is 0 Å². The molecule has 0 aromatic heterocycles. The molecule has 0 aromatic rings. The molecular weight excluding hydrogens is 188 g/mol. The first-order valence-corrected chi connectivity index (χ1v) is 5.83. The maximum Gasteiger partial charge on any atom is 0.247 e. The molecule has 2 fully saturated rings. The molecule has 0 unspecified atom stereocenters. The Morgan fingerprint density at radius 1 is 1.33 bits per heavy atom. The summed E-state index contributed by atoms with van der Waals surface area (Å²) in [7, 11) is 0. The van der Waals surface area contributed by atoms with Gasteiger partial charge in [0.05, 0.1) is 0 Å². The molecule has 15 heavy (non-hydrogen) atoms. The quantitative estimate of drug-likeness (QED) is 0.673. The standard InChI is InChI=1S/C12H20N2O/c1-9(10-7-13-8-10)11(15)14-12(2)5-3-4-6-12/h13H,3-8H2,1-2H3,(H,14,15). The number of nitrogens with one attached hydrogen (secondary N) is 2. The lowest BCUT2D eigenvalue weighted by Gasteiger charge is -2.27. The molecule has 2 N–H and O–H groups in total. The zero-order valence-corrected chi connectivity index (χ0v) is 9.65. The Kier molecular flexibility index (Phi) is 2.83. The van der Waals surface area contributed by atoms with Gasteiger partial charge in [-0.25, -0.2) is 0 Å². The molecule has 2 aliphatic rings. The van der Waals surface area contributed by atoms with Gasteiger partial charge in [-0.3, -0.25) is 4.79 Å². The van der Waals surface area contributed by atoms with Crippen LogP contribution >= 0.6 is 0 Å². The minimum atomic E-state index is 0.0517. The normalized spacial score (nSPS) is 23.5. The molecule has 0 atom stereocenters. The average molecular weight is 208 g/mol. The summed E-state index contributed by atoms with van der Waals surface area (Å²) in [5.74, 6) is 0.135. The molecule has 1 saturated carbocycles. The van der Waals surface area contributed by atoms with Crippen LogP contribution in [-0.4, -0.2) is 24.5 Å². The van der Waals surface area contributed by atoms with Crippen LogP contribution in [-0.2, 0) is 4.79 Å². The van der Waals surface area contributed by atoms with Crippen molar-refractivity contribution in [1.29, 1.82) is 0 Å². The molecule has 1 aliphatic heterocycles. The Hall–Kier alpha value is -0.830. The van der Waals surface area contributed by atoms with Crippen LogP contribution in [0.15, 0.2) is 11.1 Å².